The lowest BCUT2D eigenvalue weighted by Gasteiger charge is -2.37. The van der Waals surface area contributed by atoms with E-state index < -0.39 is 79.4 Å². The van der Waals surface area contributed by atoms with Gasteiger partial charge in [0.15, 0.2) is 17.7 Å². The van der Waals surface area contributed by atoms with Gasteiger partial charge in [-0.25, -0.2) is 9.36 Å². The quantitative estimate of drug-likeness (QED) is 0.129. The molecule has 14 nitrogen and oxygen atoms in total. The fourth-order valence-corrected chi connectivity index (χ4v) is 7.34. The van der Waals surface area contributed by atoms with E-state index in [0.29, 0.717) is 21.3 Å². The SMILES string of the molecule is Cc1cn([C@@H]2O[C@H](COC(c3ccccc3)(c3ccccc3)c3ccccc3)[C@@H](O)[C@]2(O)CS(=O)(=O)O)c(=O)n(CS(=O)(=O)O)c1=O. The molecule has 1 saturated heterocycles. The van der Waals surface area contributed by atoms with Crippen LogP contribution in [0, 0.1) is 6.92 Å². The van der Waals surface area contributed by atoms with Crippen molar-refractivity contribution in [2.45, 2.75) is 42.4 Å². The molecule has 1 fully saturated rings. The molecule has 4 N–H and O–H groups in total. The lowest BCUT2D eigenvalue weighted by Crippen LogP contribution is -2.54. The second-order valence-electron chi connectivity index (χ2n) is 11.2. The molecule has 1 aliphatic rings. The lowest BCUT2D eigenvalue weighted by molar-refractivity contribution is -0.106. The van der Waals surface area contributed by atoms with E-state index >= 15 is 0 Å². The molecule has 47 heavy (non-hydrogen) atoms. The molecule has 4 aromatic rings. The number of aromatic nitrogens is 2. The van der Waals surface area contributed by atoms with Gasteiger partial charge in [0.05, 0.1) is 6.61 Å². The van der Waals surface area contributed by atoms with Gasteiger partial charge in [-0.3, -0.25) is 18.5 Å². The lowest BCUT2D eigenvalue weighted by atomic mass is 9.80. The Morgan fingerprint density at radius 1 is 0.830 bits per heavy atom. The maximum absolute atomic E-state index is 13.4. The highest BCUT2D eigenvalue weighted by atomic mass is 32.2. The number of rotatable bonds is 11. The first-order chi connectivity index (χ1) is 22.1. The molecule has 250 valence electrons. The molecular weight excluding hydrogens is 656 g/mol. The van der Waals surface area contributed by atoms with Gasteiger partial charge in [-0.15, -0.1) is 0 Å². The van der Waals surface area contributed by atoms with Crippen LogP contribution in [-0.2, 0) is 41.2 Å². The van der Waals surface area contributed by atoms with Crippen LogP contribution in [0.2, 0.25) is 0 Å². The van der Waals surface area contributed by atoms with Crippen molar-refractivity contribution in [2.24, 2.45) is 0 Å². The van der Waals surface area contributed by atoms with Crippen molar-refractivity contribution in [1.29, 1.82) is 0 Å². The minimum Gasteiger partial charge on any atom is -0.387 e. The molecule has 0 amide bonds. The molecule has 0 bridgehead atoms. The van der Waals surface area contributed by atoms with Crippen molar-refractivity contribution in [3.63, 3.8) is 0 Å². The second-order valence-corrected chi connectivity index (χ2v) is 14.1. The van der Waals surface area contributed by atoms with Crippen LogP contribution in [0.5, 0.6) is 0 Å². The number of benzene rings is 3. The topological polar surface area (TPSA) is 212 Å². The Balaban J connectivity index is 1.63. The molecule has 1 aliphatic heterocycles. The number of hydrogen-bond donors (Lipinski definition) is 4. The zero-order valence-corrected chi connectivity index (χ0v) is 26.5. The normalized spacial score (nSPS) is 21.9. The van der Waals surface area contributed by atoms with Crippen molar-refractivity contribution in [3.05, 3.63) is 140 Å². The summed E-state index contributed by atoms with van der Waals surface area (Å²) in [6, 6.07) is 27.2. The summed E-state index contributed by atoms with van der Waals surface area (Å²) in [5.74, 6) is -2.98. The fraction of sp³-hybridized carbons (Fsp3) is 0.290. The van der Waals surface area contributed by atoms with Crippen LogP contribution < -0.4 is 11.2 Å². The van der Waals surface area contributed by atoms with Gasteiger partial charge in [0, 0.05) is 11.8 Å². The van der Waals surface area contributed by atoms with Crippen molar-refractivity contribution < 1.29 is 45.6 Å². The molecule has 2 heterocycles. The summed E-state index contributed by atoms with van der Waals surface area (Å²) in [7, 11) is -9.98. The third-order valence-electron chi connectivity index (χ3n) is 7.93. The highest BCUT2D eigenvalue weighted by Crippen LogP contribution is 2.43. The van der Waals surface area contributed by atoms with E-state index in [-0.39, 0.29) is 10.1 Å². The molecule has 16 heteroatoms. The smallest absolute Gasteiger partial charge is 0.334 e. The highest BCUT2D eigenvalue weighted by molar-refractivity contribution is 7.85. The number of aliphatic hydroxyl groups is 2. The van der Waals surface area contributed by atoms with Crippen LogP contribution in [0.1, 0.15) is 28.5 Å². The van der Waals surface area contributed by atoms with E-state index in [2.05, 4.69) is 0 Å². The zero-order valence-electron chi connectivity index (χ0n) is 24.9. The van der Waals surface area contributed by atoms with Crippen LogP contribution in [0.15, 0.2) is 107 Å². The third-order valence-corrected chi connectivity index (χ3v) is 9.34. The Labute approximate surface area is 269 Å². The first-order valence-corrected chi connectivity index (χ1v) is 17.4. The van der Waals surface area contributed by atoms with Gasteiger partial charge in [0.1, 0.15) is 23.6 Å². The van der Waals surface area contributed by atoms with E-state index in [1.54, 1.807) is 36.4 Å². The van der Waals surface area contributed by atoms with Crippen molar-refractivity contribution in [1.82, 2.24) is 9.13 Å². The monoisotopic (exact) mass is 688 g/mol. The van der Waals surface area contributed by atoms with Crippen LogP contribution in [0.4, 0.5) is 0 Å². The van der Waals surface area contributed by atoms with E-state index in [1.807, 2.05) is 54.6 Å². The zero-order chi connectivity index (χ0) is 34.2. The maximum Gasteiger partial charge on any atom is 0.334 e. The number of aryl methyl sites for hydroxylation is 1. The van der Waals surface area contributed by atoms with Gasteiger partial charge in [0.25, 0.3) is 25.8 Å². The number of ether oxygens (including phenoxy) is 2. The van der Waals surface area contributed by atoms with E-state index in [1.165, 1.54) is 6.92 Å². The molecule has 0 radical (unpaired) electrons. The van der Waals surface area contributed by atoms with Crippen molar-refractivity contribution >= 4 is 20.2 Å². The average Bonchev–Trinajstić information content (AvgIpc) is 3.26. The Kier molecular flexibility index (Phi) is 9.42. The predicted molar refractivity (Wildman–Crippen MR) is 168 cm³/mol. The van der Waals surface area contributed by atoms with Crippen LogP contribution in [0.25, 0.3) is 0 Å². The average molecular weight is 689 g/mol. The summed E-state index contributed by atoms with van der Waals surface area (Å²) in [6.45, 7) is 0.670. The molecule has 0 unspecified atom stereocenters. The van der Waals surface area contributed by atoms with E-state index in [9.17, 15) is 45.7 Å². The summed E-state index contributed by atoms with van der Waals surface area (Å²) in [6.07, 6.45) is -4.89. The first-order valence-electron chi connectivity index (χ1n) is 14.2. The molecular formula is C31H32N2O12S2. The van der Waals surface area contributed by atoms with Crippen LogP contribution in [0.3, 0.4) is 0 Å². The fourth-order valence-electron chi connectivity index (χ4n) is 5.89. The molecule has 1 aromatic heterocycles. The Bertz CT molecular complexity index is 1970. The number of hydrogen-bond acceptors (Lipinski definition) is 10. The molecule has 4 atom stereocenters. The van der Waals surface area contributed by atoms with Gasteiger partial charge in [-0.2, -0.15) is 16.8 Å². The third kappa shape index (κ3) is 6.86. The minimum atomic E-state index is -5.06. The van der Waals surface area contributed by atoms with Crippen LogP contribution in [-0.4, -0.2) is 75.5 Å². The van der Waals surface area contributed by atoms with Crippen molar-refractivity contribution in [2.75, 3.05) is 12.4 Å². The van der Waals surface area contributed by atoms with E-state index in [0.717, 1.165) is 6.20 Å². The summed E-state index contributed by atoms with van der Waals surface area (Å²) in [5.41, 5.74) is -5.04. The largest absolute Gasteiger partial charge is 0.387 e. The molecule has 5 rings (SSSR count). The van der Waals surface area contributed by atoms with Crippen molar-refractivity contribution in [3.8, 4) is 0 Å². The molecule has 0 spiro atoms. The first kappa shape index (κ1) is 34.3. The maximum atomic E-state index is 13.4. The van der Waals surface area contributed by atoms with Gasteiger partial charge >= 0.3 is 5.69 Å². The number of nitrogens with zero attached hydrogens (tertiary/aromatic N) is 2. The highest BCUT2D eigenvalue weighted by Gasteiger charge is 2.59. The standard InChI is InChI=1S/C31H32N2O12S2/c1-21-17-32(29(36)33(27(21)35)20-47(41,42)43)28-30(37,19-46(38,39)40)26(34)25(45-28)18-44-31(22-11-5-2-6-12-22,23-13-7-3-8-14-23)24-15-9-4-10-16-24/h2-17,25-26,28,34,37H,18-20H2,1H3,(H,38,39,40)(H,41,42,43)/t25-,26-,28-,30-/m1/s1. The van der Waals surface area contributed by atoms with Gasteiger partial charge < -0.3 is 19.7 Å². The Morgan fingerprint density at radius 2 is 1.30 bits per heavy atom. The summed E-state index contributed by atoms with van der Waals surface area (Å²) < 4.78 is 79.7. The van der Waals surface area contributed by atoms with Gasteiger partial charge in [-0.05, 0) is 23.6 Å². The van der Waals surface area contributed by atoms with Gasteiger partial charge in [-0.1, -0.05) is 91.0 Å². The number of aliphatic hydroxyl groups excluding tert-OH is 1. The molecule has 3 aromatic carbocycles. The van der Waals surface area contributed by atoms with Crippen LogP contribution >= 0.6 is 0 Å². The molecule has 0 aliphatic carbocycles. The summed E-state index contributed by atoms with van der Waals surface area (Å²) in [4.78, 5) is 26.0. The predicted octanol–water partition coefficient (Wildman–Crippen LogP) is 1.05. The molecule has 0 saturated carbocycles. The van der Waals surface area contributed by atoms with E-state index in [4.69, 9.17) is 9.47 Å². The summed E-state index contributed by atoms with van der Waals surface area (Å²) in [5, 5.41) is 23.1. The summed E-state index contributed by atoms with van der Waals surface area (Å²) >= 11 is 0. The Hall–Kier alpha value is -4.00. The second kappa shape index (κ2) is 12.9. The van der Waals surface area contributed by atoms with Gasteiger partial charge in [0.2, 0.25) is 0 Å². The minimum absolute atomic E-state index is 0.142. The Morgan fingerprint density at radius 3 is 1.72 bits per heavy atom.